The van der Waals surface area contributed by atoms with Crippen molar-refractivity contribution in [1.29, 1.82) is 0 Å². The molecule has 27 heavy (non-hydrogen) atoms. The average molecular weight is 391 g/mol. The van der Waals surface area contributed by atoms with Gasteiger partial charge >= 0.3 is 0 Å². The fourth-order valence-electron chi connectivity index (χ4n) is 2.85. The van der Waals surface area contributed by atoms with Gasteiger partial charge in [-0.15, -0.1) is 5.10 Å². The van der Waals surface area contributed by atoms with Crippen molar-refractivity contribution in [3.05, 3.63) is 52.3 Å². The predicted molar refractivity (Wildman–Crippen MR) is 98.7 cm³/mol. The maximum atomic E-state index is 13.4. The Morgan fingerprint density at radius 1 is 1.26 bits per heavy atom. The minimum Gasteiger partial charge on any atom is -0.349 e. The van der Waals surface area contributed by atoms with E-state index in [4.69, 9.17) is 0 Å². The van der Waals surface area contributed by atoms with E-state index >= 15 is 0 Å². The van der Waals surface area contributed by atoms with E-state index in [0.717, 1.165) is 23.4 Å². The Hall–Kier alpha value is -2.55. The van der Waals surface area contributed by atoms with Gasteiger partial charge in [0, 0.05) is 17.0 Å². The molecule has 1 N–H and O–H groups in total. The lowest BCUT2D eigenvalue weighted by molar-refractivity contribution is -0.121. The van der Waals surface area contributed by atoms with Crippen LogP contribution in [-0.2, 0) is 11.2 Å². The predicted octanol–water partition coefficient (Wildman–Crippen LogP) is 3.16. The van der Waals surface area contributed by atoms with Crippen LogP contribution in [0.3, 0.4) is 0 Å². The van der Waals surface area contributed by atoms with E-state index in [1.807, 2.05) is 20.1 Å². The van der Waals surface area contributed by atoms with Gasteiger partial charge in [0.05, 0.1) is 12.5 Å². The standard InChI is InChI=1S/C18H19F2N5OS/c1-9(12-5-6-14(19)15(20)7-12)21-16(26)8-13-10(2)22-17-23-18(27-4)24-25(17)11(13)3/h5-7,9H,8H2,1-4H3,(H,21,26)/t9-/m0/s1. The van der Waals surface area contributed by atoms with Gasteiger partial charge in [0.1, 0.15) is 0 Å². The summed E-state index contributed by atoms with van der Waals surface area (Å²) in [4.78, 5) is 21.2. The Kier molecular flexibility index (Phi) is 5.41. The van der Waals surface area contributed by atoms with E-state index in [0.29, 0.717) is 22.2 Å². The summed E-state index contributed by atoms with van der Waals surface area (Å²) in [5.41, 5.74) is 2.75. The molecule has 0 aliphatic heterocycles. The van der Waals surface area contributed by atoms with Gasteiger partial charge < -0.3 is 5.32 Å². The van der Waals surface area contributed by atoms with Crippen LogP contribution in [0.4, 0.5) is 8.78 Å². The first-order valence-electron chi connectivity index (χ1n) is 8.31. The van der Waals surface area contributed by atoms with Crippen molar-refractivity contribution in [2.24, 2.45) is 0 Å². The molecule has 0 aliphatic carbocycles. The highest BCUT2D eigenvalue weighted by Crippen LogP contribution is 2.19. The van der Waals surface area contributed by atoms with Gasteiger partial charge in [-0.05, 0) is 44.7 Å². The fourth-order valence-corrected chi connectivity index (χ4v) is 3.19. The third-order valence-electron chi connectivity index (χ3n) is 4.37. The van der Waals surface area contributed by atoms with Crippen molar-refractivity contribution in [3.8, 4) is 0 Å². The van der Waals surface area contributed by atoms with E-state index in [9.17, 15) is 13.6 Å². The van der Waals surface area contributed by atoms with Crippen LogP contribution < -0.4 is 5.32 Å². The SMILES string of the molecule is CSc1nc2nc(C)c(CC(=O)N[C@@H](C)c3ccc(F)c(F)c3)c(C)n2n1. The van der Waals surface area contributed by atoms with Crippen LogP contribution in [0, 0.1) is 25.5 Å². The molecule has 3 rings (SSSR count). The largest absolute Gasteiger partial charge is 0.349 e. The third-order valence-corrected chi connectivity index (χ3v) is 4.91. The lowest BCUT2D eigenvalue weighted by Gasteiger charge is -2.16. The smallest absolute Gasteiger partial charge is 0.253 e. The summed E-state index contributed by atoms with van der Waals surface area (Å²) >= 11 is 1.42. The Bertz CT molecular complexity index is 1020. The molecule has 1 amide bonds. The third kappa shape index (κ3) is 3.92. The number of fused-ring (bicyclic) bond motifs is 1. The summed E-state index contributed by atoms with van der Waals surface area (Å²) in [6, 6.07) is 3.13. The second kappa shape index (κ2) is 7.59. The molecule has 0 saturated carbocycles. The molecule has 142 valence electrons. The quantitative estimate of drug-likeness (QED) is 0.677. The second-order valence-electron chi connectivity index (χ2n) is 6.21. The maximum Gasteiger partial charge on any atom is 0.253 e. The van der Waals surface area contributed by atoms with Crippen LogP contribution in [0.1, 0.15) is 35.5 Å². The molecule has 2 heterocycles. The van der Waals surface area contributed by atoms with Gasteiger partial charge in [0.2, 0.25) is 11.1 Å². The lowest BCUT2D eigenvalue weighted by atomic mass is 10.1. The van der Waals surface area contributed by atoms with E-state index in [-0.39, 0.29) is 12.3 Å². The van der Waals surface area contributed by atoms with Gasteiger partial charge in [-0.1, -0.05) is 17.8 Å². The number of thioether (sulfide) groups is 1. The molecular weight excluding hydrogens is 372 g/mol. The fraction of sp³-hybridized carbons (Fsp3) is 0.333. The van der Waals surface area contributed by atoms with Crippen molar-refractivity contribution in [1.82, 2.24) is 24.9 Å². The number of hydrogen-bond acceptors (Lipinski definition) is 5. The van der Waals surface area contributed by atoms with E-state index in [1.165, 1.54) is 17.8 Å². The summed E-state index contributed by atoms with van der Waals surface area (Å²) < 4.78 is 28.1. The zero-order valence-corrected chi connectivity index (χ0v) is 16.2. The zero-order valence-electron chi connectivity index (χ0n) is 15.4. The monoisotopic (exact) mass is 391 g/mol. The molecule has 0 saturated heterocycles. The lowest BCUT2D eigenvalue weighted by Crippen LogP contribution is -2.29. The number of nitrogens with one attached hydrogen (secondary N) is 1. The zero-order chi connectivity index (χ0) is 19.7. The number of hydrogen-bond donors (Lipinski definition) is 1. The number of halogens is 2. The molecule has 6 nitrogen and oxygen atoms in total. The Morgan fingerprint density at radius 2 is 2.00 bits per heavy atom. The van der Waals surface area contributed by atoms with Crippen molar-refractivity contribution in [3.63, 3.8) is 0 Å². The summed E-state index contributed by atoms with van der Waals surface area (Å²) in [6.45, 7) is 5.40. The highest BCUT2D eigenvalue weighted by molar-refractivity contribution is 7.98. The van der Waals surface area contributed by atoms with Crippen LogP contribution in [0.5, 0.6) is 0 Å². The van der Waals surface area contributed by atoms with Gasteiger partial charge in [-0.2, -0.15) is 4.98 Å². The number of aryl methyl sites for hydroxylation is 2. The molecule has 0 aliphatic rings. The first-order chi connectivity index (χ1) is 12.8. The summed E-state index contributed by atoms with van der Waals surface area (Å²) in [5.74, 6) is -1.61. The molecule has 0 spiro atoms. The Morgan fingerprint density at radius 3 is 2.67 bits per heavy atom. The molecule has 1 aromatic carbocycles. The second-order valence-corrected chi connectivity index (χ2v) is 6.98. The van der Waals surface area contributed by atoms with Gasteiger partial charge in [-0.3, -0.25) is 4.79 Å². The molecule has 9 heteroatoms. The highest BCUT2D eigenvalue weighted by Gasteiger charge is 2.18. The molecular formula is C18H19F2N5OS. The van der Waals surface area contributed by atoms with Crippen LogP contribution in [0.2, 0.25) is 0 Å². The van der Waals surface area contributed by atoms with Gasteiger partial charge in [-0.25, -0.2) is 18.3 Å². The number of rotatable bonds is 5. The number of carbonyl (C=O) groups excluding carboxylic acids is 1. The number of aromatic nitrogens is 4. The molecule has 0 fully saturated rings. The molecule has 2 aromatic heterocycles. The summed E-state index contributed by atoms with van der Waals surface area (Å²) in [7, 11) is 0. The Balaban J connectivity index is 1.80. The average Bonchev–Trinajstić information content (AvgIpc) is 3.04. The van der Waals surface area contributed by atoms with Crippen LogP contribution >= 0.6 is 11.8 Å². The number of carbonyl (C=O) groups is 1. The number of nitrogens with zero attached hydrogens (tertiary/aromatic N) is 4. The number of benzene rings is 1. The van der Waals surface area contributed by atoms with E-state index in [2.05, 4.69) is 20.4 Å². The Labute approximate surface area is 159 Å². The van der Waals surface area contributed by atoms with E-state index < -0.39 is 17.7 Å². The van der Waals surface area contributed by atoms with Crippen molar-refractivity contribution in [2.45, 2.75) is 38.4 Å². The van der Waals surface area contributed by atoms with Crippen molar-refractivity contribution in [2.75, 3.05) is 6.26 Å². The highest BCUT2D eigenvalue weighted by atomic mass is 32.2. The van der Waals surface area contributed by atoms with Crippen molar-refractivity contribution >= 4 is 23.4 Å². The van der Waals surface area contributed by atoms with E-state index in [1.54, 1.807) is 11.4 Å². The van der Waals surface area contributed by atoms with Gasteiger partial charge in [0.15, 0.2) is 11.6 Å². The molecule has 0 bridgehead atoms. The van der Waals surface area contributed by atoms with Crippen LogP contribution in [0.15, 0.2) is 23.4 Å². The van der Waals surface area contributed by atoms with Crippen LogP contribution in [0.25, 0.3) is 5.78 Å². The van der Waals surface area contributed by atoms with Gasteiger partial charge in [0.25, 0.3) is 5.78 Å². The minimum absolute atomic E-state index is 0.100. The maximum absolute atomic E-state index is 13.4. The first kappa shape index (κ1) is 19.2. The molecule has 0 unspecified atom stereocenters. The summed E-state index contributed by atoms with van der Waals surface area (Å²) in [6.07, 6.45) is 1.98. The molecule has 1 atom stereocenters. The molecule has 3 aromatic rings. The summed E-state index contributed by atoms with van der Waals surface area (Å²) in [5, 5.41) is 7.78. The first-order valence-corrected chi connectivity index (χ1v) is 9.53. The van der Waals surface area contributed by atoms with Crippen LogP contribution in [-0.4, -0.2) is 31.7 Å². The number of amides is 1. The normalized spacial score (nSPS) is 12.4. The topological polar surface area (TPSA) is 72.2 Å². The van der Waals surface area contributed by atoms with Crippen molar-refractivity contribution < 1.29 is 13.6 Å². The minimum atomic E-state index is -0.939. The molecule has 0 radical (unpaired) electrons.